The standard InChI is InChI=1S/C17H16BrF3N4.ClH/c1-22-16(23-2)25-24-15(12-5-9-14(18)10-6-12)11-3-7-13(8-4-11)17(19,20)21;/h3-10H,1-2H3,(H2,22,23,25);1H. The highest BCUT2D eigenvalue weighted by Gasteiger charge is 2.30. The first-order valence-corrected chi connectivity index (χ1v) is 8.06. The van der Waals surface area contributed by atoms with E-state index < -0.39 is 11.7 Å². The maximum atomic E-state index is 12.8. The quantitative estimate of drug-likeness (QED) is 0.414. The van der Waals surface area contributed by atoms with Crippen LogP contribution in [0.4, 0.5) is 13.2 Å². The van der Waals surface area contributed by atoms with Crippen molar-refractivity contribution in [1.29, 1.82) is 0 Å². The number of rotatable bonds is 3. The van der Waals surface area contributed by atoms with Gasteiger partial charge < -0.3 is 5.32 Å². The van der Waals surface area contributed by atoms with Crippen LogP contribution >= 0.6 is 28.3 Å². The molecule has 2 aromatic rings. The Hall–Kier alpha value is -2.06. The van der Waals surface area contributed by atoms with Gasteiger partial charge in [0.2, 0.25) is 5.96 Å². The van der Waals surface area contributed by atoms with Gasteiger partial charge in [-0.1, -0.05) is 40.2 Å². The van der Waals surface area contributed by atoms with Crippen LogP contribution in [0.15, 0.2) is 63.1 Å². The van der Waals surface area contributed by atoms with E-state index in [0.717, 1.165) is 22.2 Å². The zero-order chi connectivity index (χ0) is 18.4. The molecule has 140 valence electrons. The van der Waals surface area contributed by atoms with Gasteiger partial charge in [-0.25, -0.2) is 5.43 Å². The Labute approximate surface area is 164 Å². The number of alkyl halides is 3. The summed E-state index contributed by atoms with van der Waals surface area (Å²) in [5.74, 6) is 0.432. The van der Waals surface area contributed by atoms with E-state index in [0.29, 0.717) is 17.2 Å². The van der Waals surface area contributed by atoms with E-state index >= 15 is 0 Å². The van der Waals surface area contributed by atoms with Gasteiger partial charge in [0.1, 0.15) is 0 Å². The zero-order valence-electron chi connectivity index (χ0n) is 13.9. The zero-order valence-corrected chi connectivity index (χ0v) is 16.3. The van der Waals surface area contributed by atoms with Gasteiger partial charge in [-0.3, -0.25) is 4.99 Å². The summed E-state index contributed by atoms with van der Waals surface area (Å²) in [5, 5.41) is 7.13. The van der Waals surface area contributed by atoms with Gasteiger partial charge in [0, 0.05) is 29.7 Å². The number of guanidine groups is 1. The van der Waals surface area contributed by atoms with Crippen LogP contribution in [0.25, 0.3) is 0 Å². The summed E-state index contributed by atoms with van der Waals surface area (Å²) in [5.41, 5.74) is 3.87. The second-order valence-electron chi connectivity index (χ2n) is 4.98. The van der Waals surface area contributed by atoms with Gasteiger partial charge in [0.15, 0.2) is 0 Å². The lowest BCUT2D eigenvalue weighted by molar-refractivity contribution is -0.137. The lowest BCUT2D eigenvalue weighted by Gasteiger charge is -2.11. The maximum absolute atomic E-state index is 12.8. The molecule has 2 aromatic carbocycles. The van der Waals surface area contributed by atoms with Crippen LogP contribution < -0.4 is 10.7 Å². The van der Waals surface area contributed by atoms with Crippen LogP contribution in [0.1, 0.15) is 16.7 Å². The minimum Gasteiger partial charge on any atom is -0.358 e. The summed E-state index contributed by atoms with van der Waals surface area (Å²) in [4.78, 5) is 3.96. The minimum absolute atomic E-state index is 0. The minimum atomic E-state index is -4.38. The number of hydrogen-bond acceptors (Lipinski definition) is 2. The van der Waals surface area contributed by atoms with Crippen molar-refractivity contribution < 1.29 is 13.2 Å². The molecule has 9 heteroatoms. The molecule has 0 unspecified atom stereocenters. The van der Waals surface area contributed by atoms with Crippen LogP contribution in [0, 0.1) is 0 Å². The molecule has 26 heavy (non-hydrogen) atoms. The predicted molar refractivity (Wildman–Crippen MR) is 104 cm³/mol. The molecule has 0 heterocycles. The maximum Gasteiger partial charge on any atom is 0.416 e. The lowest BCUT2D eigenvalue weighted by atomic mass is 10.0. The van der Waals surface area contributed by atoms with Gasteiger partial charge in [-0.05, 0) is 24.3 Å². The third-order valence-electron chi connectivity index (χ3n) is 3.34. The molecule has 0 amide bonds. The van der Waals surface area contributed by atoms with Crippen LogP contribution in [-0.2, 0) is 6.18 Å². The molecule has 2 rings (SSSR count). The fourth-order valence-corrected chi connectivity index (χ4v) is 2.31. The molecule has 0 atom stereocenters. The number of halogens is 5. The summed E-state index contributed by atoms with van der Waals surface area (Å²) in [6.45, 7) is 0. The van der Waals surface area contributed by atoms with E-state index in [4.69, 9.17) is 0 Å². The number of aliphatic imine (C=N–C) groups is 1. The van der Waals surface area contributed by atoms with Crippen molar-refractivity contribution >= 4 is 40.0 Å². The average Bonchev–Trinajstić information content (AvgIpc) is 2.59. The first kappa shape index (κ1) is 22.0. The molecule has 4 nitrogen and oxygen atoms in total. The highest BCUT2D eigenvalue weighted by Crippen LogP contribution is 2.29. The fourth-order valence-electron chi connectivity index (χ4n) is 2.05. The molecule has 0 saturated carbocycles. The molecule has 0 bridgehead atoms. The Kier molecular flexibility index (Phi) is 8.10. The molecular formula is C17H17BrClF3N4. The molecule has 0 saturated heterocycles. The number of nitrogens with one attached hydrogen (secondary N) is 2. The number of hydrazone groups is 1. The largest absolute Gasteiger partial charge is 0.416 e. The van der Waals surface area contributed by atoms with Gasteiger partial charge in [-0.2, -0.15) is 18.3 Å². The Balaban J connectivity index is 0.00000338. The molecule has 0 fully saturated rings. The summed E-state index contributed by atoms with van der Waals surface area (Å²) in [6, 6.07) is 12.2. The Bertz CT molecular complexity index is 772. The van der Waals surface area contributed by atoms with Gasteiger partial charge in [0.05, 0.1) is 11.3 Å². The molecule has 0 aromatic heterocycles. The van der Waals surface area contributed by atoms with E-state index in [1.807, 2.05) is 24.3 Å². The molecule has 0 aliphatic heterocycles. The molecule has 0 aliphatic rings. The van der Waals surface area contributed by atoms with E-state index in [9.17, 15) is 13.2 Å². The first-order valence-electron chi connectivity index (χ1n) is 7.27. The number of hydrogen-bond donors (Lipinski definition) is 2. The van der Waals surface area contributed by atoms with Crippen molar-refractivity contribution in [2.24, 2.45) is 10.1 Å². The summed E-state index contributed by atoms with van der Waals surface area (Å²) in [6.07, 6.45) is -4.38. The van der Waals surface area contributed by atoms with Gasteiger partial charge >= 0.3 is 6.18 Å². The van der Waals surface area contributed by atoms with Crippen molar-refractivity contribution in [3.05, 3.63) is 69.7 Å². The molecule has 0 spiro atoms. The Morgan fingerprint density at radius 1 is 0.962 bits per heavy atom. The van der Waals surface area contributed by atoms with Crippen LogP contribution in [0.2, 0.25) is 0 Å². The van der Waals surface area contributed by atoms with Crippen LogP contribution in [-0.4, -0.2) is 25.8 Å². The predicted octanol–water partition coefficient (Wildman–Crippen LogP) is 4.44. The monoisotopic (exact) mass is 448 g/mol. The van der Waals surface area contributed by atoms with E-state index in [1.165, 1.54) is 12.1 Å². The molecule has 0 aliphatic carbocycles. The Morgan fingerprint density at radius 3 is 1.88 bits per heavy atom. The highest BCUT2D eigenvalue weighted by atomic mass is 79.9. The summed E-state index contributed by atoms with van der Waals surface area (Å²) < 4.78 is 39.2. The smallest absolute Gasteiger partial charge is 0.358 e. The number of benzene rings is 2. The Morgan fingerprint density at radius 2 is 1.46 bits per heavy atom. The van der Waals surface area contributed by atoms with Gasteiger partial charge in [0.25, 0.3) is 0 Å². The van der Waals surface area contributed by atoms with Crippen LogP contribution in [0.5, 0.6) is 0 Å². The van der Waals surface area contributed by atoms with Crippen molar-refractivity contribution in [1.82, 2.24) is 10.7 Å². The summed E-state index contributed by atoms with van der Waals surface area (Å²) >= 11 is 3.36. The third kappa shape index (κ3) is 5.74. The molecule has 0 radical (unpaired) electrons. The van der Waals surface area contributed by atoms with Gasteiger partial charge in [-0.15, -0.1) is 12.4 Å². The molecule has 2 N–H and O–H groups in total. The second kappa shape index (κ2) is 9.59. The normalized spacial score (nSPS) is 12.4. The van der Waals surface area contributed by atoms with Crippen molar-refractivity contribution in [3.8, 4) is 0 Å². The van der Waals surface area contributed by atoms with Crippen molar-refractivity contribution in [2.45, 2.75) is 6.18 Å². The van der Waals surface area contributed by atoms with Crippen molar-refractivity contribution in [2.75, 3.05) is 14.1 Å². The topological polar surface area (TPSA) is 48.8 Å². The van der Waals surface area contributed by atoms with E-state index in [1.54, 1.807) is 14.1 Å². The SMILES string of the molecule is CN=C(NC)NN=C(c1ccc(Br)cc1)c1ccc(C(F)(F)F)cc1.Cl. The third-order valence-corrected chi connectivity index (χ3v) is 3.87. The first-order chi connectivity index (χ1) is 11.8. The van der Waals surface area contributed by atoms with Crippen LogP contribution in [0.3, 0.4) is 0 Å². The second-order valence-corrected chi connectivity index (χ2v) is 5.89. The van der Waals surface area contributed by atoms with Crippen molar-refractivity contribution in [3.63, 3.8) is 0 Å². The highest BCUT2D eigenvalue weighted by molar-refractivity contribution is 9.10. The summed E-state index contributed by atoms with van der Waals surface area (Å²) in [7, 11) is 3.27. The molecular weight excluding hydrogens is 433 g/mol. The average molecular weight is 450 g/mol. The fraction of sp³-hybridized carbons (Fsp3) is 0.176. The lowest BCUT2D eigenvalue weighted by Crippen LogP contribution is -2.32. The number of nitrogens with zero attached hydrogens (tertiary/aromatic N) is 2. The van der Waals surface area contributed by atoms with E-state index in [-0.39, 0.29) is 12.4 Å². The van der Waals surface area contributed by atoms with E-state index in [2.05, 4.69) is 36.8 Å².